The van der Waals surface area contributed by atoms with E-state index in [1.807, 2.05) is 38.2 Å². The molecule has 3 nitrogen and oxygen atoms in total. The Labute approximate surface area is 104 Å². The van der Waals surface area contributed by atoms with Crippen LogP contribution < -0.4 is 14.8 Å². The van der Waals surface area contributed by atoms with Crippen molar-refractivity contribution in [2.45, 2.75) is 32.7 Å². The third-order valence-electron chi connectivity index (χ3n) is 2.68. The standard InChI is InChI=1S/C14H23NO2/c1-4-16-13-7-9-14(10-8-13)17-11-5-6-12(2)15-3/h7-10,12,15H,4-6,11H2,1-3H3. The second-order valence-electron chi connectivity index (χ2n) is 4.08. The van der Waals surface area contributed by atoms with Crippen LogP contribution in [0, 0.1) is 0 Å². The van der Waals surface area contributed by atoms with Gasteiger partial charge in [0, 0.05) is 6.04 Å². The zero-order valence-corrected chi connectivity index (χ0v) is 11.0. The third-order valence-corrected chi connectivity index (χ3v) is 2.68. The highest BCUT2D eigenvalue weighted by Crippen LogP contribution is 2.17. The van der Waals surface area contributed by atoms with Crippen molar-refractivity contribution in [3.8, 4) is 11.5 Å². The molecular formula is C14H23NO2. The van der Waals surface area contributed by atoms with Crippen LogP contribution in [0.1, 0.15) is 26.7 Å². The molecule has 0 amide bonds. The van der Waals surface area contributed by atoms with Crippen LogP contribution in [-0.4, -0.2) is 26.3 Å². The molecule has 0 bridgehead atoms. The van der Waals surface area contributed by atoms with Gasteiger partial charge in [0.25, 0.3) is 0 Å². The highest BCUT2D eigenvalue weighted by molar-refractivity contribution is 5.31. The lowest BCUT2D eigenvalue weighted by Gasteiger charge is -2.11. The smallest absolute Gasteiger partial charge is 0.119 e. The number of hydrogen-bond donors (Lipinski definition) is 1. The van der Waals surface area contributed by atoms with Crippen molar-refractivity contribution in [2.75, 3.05) is 20.3 Å². The Kier molecular flexibility index (Phi) is 6.48. The molecule has 0 aliphatic rings. The maximum atomic E-state index is 5.65. The molecule has 1 aromatic rings. The minimum atomic E-state index is 0.555. The Balaban J connectivity index is 2.23. The highest BCUT2D eigenvalue weighted by atomic mass is 16.5. The number of ether oxygens (including phenoxy) is 2. The number of nitrogens with one attached hydrogen (secondary N) is 1. The van der Waals surface area contributed by atoms with Gasteiger partial charge in [-0.15, -0.1) is 0 Å². The zero-order valence-electron chi connectivity index (χ0n) is 11.0. The average molecular weight is 237 g/mol. The van der Waals surface area contributed by atoms with Gasteiger partial charge in [-0.25, -0.2) is 0 Å². The zero-order chi connectivity index (χ0) is 12.5. The summed E-state index contributed by atoms with van der Waals surface area (Å²) in [4.78, 5) is 0. The molecule has 0 saturated carbocycles. The van der Waals surface area contributed by atoms with Crippen LogP contribution in [0.5, 0.6) is 11.5 Å². The second kappa shape index (κ2) is 7.96. The number of benzene rings is 1. The SMILES string of the molecule is CCOc1ccc(OCCCC(C)NC)cc1. The van der Waals surface area contributed by atoms with E-state index in [1.165, 1.54) is 0 Å². The number of rotatable bonds is 8. The van der Waals surface area contributed by atoms with Gasteiger partial charge >= 0.3 is 0 Å². The van der Waals surface area contributed by atoms with E-state index in [4.69, 9.17) is 9.47 Å². The van der Waals surface area contributed by atoms with Gasteiger partial charge in [0.05, 0.1) is 13.2 Å². The fourth-order valence-electron chi connectivity index (χ4n) is 1.52. The Bertz CT molecular complexity index is 298. The summed E-state index contributed by atoms with van der Waals surface area (Å²) in [6, 6.07) is 8.34. The molecule has 1 unspecified atom stereocenters. The lowest BCUT2D eigenvalue weighted by molar-refractivity contribution is 0.298. The lowest BCUT2D eigenvalue weighted by Crippen LogP contribution is -2.21. The van der Waals surface area contributed by atoms with Crippen LogP contribution >= 0.6 is 0 Å². The molecule has 0 aliphatic carbocycles. The van der Waals surface area contributed by atoms with Crippen LogP contribution in [0.4, 0.5) is 0 Å². The third kappa shape index (κ3) is 5.59. The fraction of sp³-hybridized carbons (Fsp3) is 0.571. The average Bonchev–Trinajstić information content (AvgIpc) is 2.36. The summed E-state index contributed by atoms with van der Waals surface area (Å²) in [7, 11) is 1.98. The van der Waals surface area contributed by atoms with Gasteiger partial charge in [0.15, 0.2) is 0 Å². The molecule has 1 aromatic carbocycles. The van der Waals surface area contributed by atoms with Crippen molar-refractivity contribution in [2.24, 2.45) is 0 Å². The van der Waals surface area contributed by atoms with E-state index in [0.29, 0.717) is 12.6 Å². The molecule has 0 radical (unpaired) electrons. The van der Waals surface area contributed by atoms with Crippen LogP contribution in [0.25, 0.3) is 0 Å². The van der Waals surface area contributed by atoms with Crippen molar-refractivity contribution in [3.63, 3.8) is 0 Å². The van der Waals surface area contributed by atoms with E-state index in [-0.39, 0.29) is 0 Å². The summed E-state index contributed by atoms with van der Waals surface area (Å²) >= 11 is 0. The molecule has 1 rings (SSSR count). The molecule has 1 N–H and O–H groups in total. The van der Waals surface area contributed by atoms with Crippen LogP contribution in [0.3, 0.4) is 0 Å². The quantitative estimate of drug-likeness (QED) is 0.705. The first-order valence-corrected chi connectivity index (χ1v) is 6.29. The minimum absolute atomic E-state index is 0.555. The van der Waals surface area contributed by atoms with Crippen LogP contribution in [0.2, 0.25) is 0 Å². The predicted molar refractivity (Wildman–Crippen MR) is 70.9 cm³/mol. The first-order valence-electron chi connectivity index (χ1n) is 6.29. The summed E-state index contributed by atoms with van der Waals surface area (Å²) in [5.74, 6) is 1.80. The summed E-state index contributed by atoms with van der Waals surface area (Å²) in [6.45, 7) is 5.62. The van der Waals surface area contributed by atoms with Gasteiger partial charge < -0.3 is 14.8 Å². The number of hydrogen-bond acceptors (Lipinski definition) is 3. The van der Waals surface area contributed by atoms with Gasteiger partial charge in [-0.1, -0.05) is 0 Å². The molecule has 0 aromatic heterocycles. The summed E-state index contributed by atoms with van der Waals surface area (Å²) in [6.07, 6.45) is 2.20. The van der Waals surface area contributed by atoms with Crippen molar-refractivity contribution < 1.29 is 9.47 Å². The van der Waals surface area contributed by atoms with E-state index in [0.717, 1.165) is 30.9 Å². The van der Waals surface area contributed by atoms with E-state index >= 15 is 0 Å². The van der Waals surface area contributed by atoms with Gasteiger partial charge in [-0.2, -0.15) is 0 Å². The largest absolute Gasteiger partial charge is 0.494 e. The van der Waals surface area contributed by atoms with E-state index in [9.17, 15) is 0 Å². The van der Waals surface area contributed by atoms with Crippen molar-refractivity contribution >= 4 is 0 Å². The molecule has 0 aliphatic heterocycles. The van der Waals surface area contributed by atoms with Gasteiger partial charge in [0.1, 0.15) is 11.5 Å². The first kappa shape index (κ1) is 13.8. The Morgan fingerprint density at radius 1 is 1.12 bits per heavy atom. The van der Waals surface area contributed by atoms with Gasteiger partial charge in [0.2, 0.25) is 0 Å². The van der Waals surface area contributed by atoms with Crippen molar-refractivity contribution in [3.05, 3.63) is 24.3 Å². The highest BCUT2D eigenvalue weighted by Gasteiger charge is 1.99. The molecule has 96 valence electrons. The molecule has 0 heterocycles. The fourth-order valence-corrected chi connectivity index (χ4v) is 1.52. The summed E-state index contributed by atoms with van der Waals surface area (Å²) in [5, 5.41) is 3.21. The van der Waals surface area contributed by atoms with Crippen molar-refractivity contribution in [1.29, 1.82) is 0 Å². The van der Waals surface area contributed by atoms with Gasteiger partial charge in [-0.05, 0) is 58.0 Å². The maximum absolute atomic E-state index is 5.65. The first-order chi connectivity index (χ1) is 8.26. The Morgan fingerprint density at radius 2 is 1.71 bits per heavy atom. The molecule has 0 saturated heterocycles. The molecule has 1 atom stereocenters. The lowest BCUT2D eigenvalue weighted by atomic mass is 10.2. The molecule has 0 spiro atoms. The van der Waals surface area contributed by atoms with E-state index in [2.05, 4.69) is 12.2 Å². The predicted octanol–water partition coefficient (Wildman–Crippen LogP) is 2.85. The Morgan fingerprint density at radius 3 is 2.24 bits per heavy atom. The molecule has 17 heavy (non-hydrogen) atoms. The minimum Gasteiger partial charge on any atom is -0.494 e. The molecule has 0 fully saturated rings. The summed E-state index contributed by atoms with van der Waals surface area (Å²) < 4.78 is 11.0. The van der Waals surface area contributed by atoms with Crippen molar-refractivity contribution in [1.82, 2.24) is 5.32 Å². The monoisotopic (exact) mass is 237 g/mol. The van der Waals surface area contributed by atoms with Crippen LogP contribution in [0.15, 0.2) is 24.3 Å². The molecular weight excluding hydrogens is 214 g/mol. The second-order valence-corrected chi connectivity index (χ2v) is 4.08. The topological polar surface area (TPSA) is 30.5 Å². The van der Waals surface area contributed by atoms with E-state index < -0.39 is 0 Å². The van der Waals surface area contributed by atoms with Gasteiger partial charge in [-0.3, -0.25) is 0 Å². The maximum Gasteiger partial charge on any atom is 0.119 e. The Hall–Kier alpha value is -1.22. The summed E-state index contributed by atoms with van der Waals surface area (Å²) in [5.41, 5.74) is 0. The van der Waals surface area contributed by atoms with E-state index in [1.54, 1.807) is 0 Å². The van der Waals surface area contributed by atoms with Crippen LogP contribution in [-0.2, 0) is 0 Å². The normalized spacial score (nSPS) is 12.2. The molecule has 3 heteroatoms.